The molecular weight excluding hydrogens is 299 g/mol. The smallest absolute Gasteiger partial charge is 0.382 e. The molecule has 0 unspecified atom stereocenters. The van der Waals surface area contributed by atoms with Crippen molar-refractivity contribution < 1.29 is 17.9 Å². The highest BCUT2D eigenvalue weighted by Crippen LogP contribution is 2.18. The number of nitrogens with zero attached hydrogens (tertiary/aromatic N) is 2. The first kappa shape index (κ1) is 16.8. The third kappa shape index (κ3) is 5.38. The van der Waals surface area contributed by atoms with E-state index in [1.807, 2.05) is 6.92 Å². The Hall–Kier alpha value is -1.28. The van der Waals surface area contributed by atoms with Gasteiger partial charge in [0.25, 0.3) is 5.56 Å². The summed E-state index contributed by atoms with van der Waals surface area (Å²) in [5, 5.41) is 5.97. The Morgan fingerprint density at radius 3 is 2.80 bits per heavy atom. The quantitative estimate of drug-likeness (QED) is 0.785. The summed E-state index contributed by atoms with van der Waals surface area (Å²) in [5.74, 6) is 0. The fourth-order valence-electron chi connectivity index (χ4n) is 1.41. The predicted octanol–water partition coefficient (Wildman–Crippen LogP) is 2.30. The molecule has 0 aromatic carbocycles. The molecule has 1 heterocycles. The van der Waals surface area contributed by atoms with E-state index in [2.05, 4.69) is 10.4 Å². The van der Waals surface area contributed by atoms with E-state index >= 15 is 0 Å². The molecule has 0 atom stereocenters. The number of nitrogens with one attached hydrogen (secondary N) is 1. The Morgan fingerprint density at radius 1 is 1.50 bits per heavy atom. The monoisotopic (exact) mass is 313 g/mol. The van der Waals surface area contributed by atoms with E-state index in [0.29, 0.717) is 26.2 Å². The molecule has 5 nitrogen and oxygen atoms in total. The van der Waals surface area contributed by atoms with Gasteiger partial charge < -0.3 is 10.1 Å². The molecule has 0 radical (unpaired) electrons. The maximum absolute atomic E-state index is 12.2. The van der Waals surface area contributed by atoms with Crippen LogP contribution in [0.25, 0.3) is 0 Å². The van der Waals surface area contributed by atoms with E-state index in [4.69, 9.17) is 16.3 Å². The van der Waals surface area contributed by atoms with E-state index in [1.54, 1.807) is 0 Å². The van der Waals surface area contributed by atoms with Crippen LogP contribution in [0.4, 0.5) is 18.9 Å². The van der Waals surface area contributed by atoms with Crippen molar-refractivity contribution in [3.63, 3.8) is 0 Å². The van der Waals surface area contributed by atoms with Crippen molar-refractivity contribution in [1.82, 2.24) is 9.78 Å². The standard InChI is InChI=1S/C11H15ClF3N3O2/c1-2-20-5-3-4-16-8-6-17-18(7-11(13,14)15)10(19)9(8)12/h6,16H,2-5,7H2,1H3. The van der Waals surface area contributed by atoms with E-state index in [0.717, 1.165) is 6.20 Å². The van der Waals surface area contributed by atoms with Gasteiger partial charge >= 0.3 is 6.18 Å². The van der Waals surface area contributed by atoms with Gasteiger partial charge in [0.05, 0.1) is 11.9 Å². The number of hydrogen-bond donors (Lipinski definition) is 1. The Kier molecular flexibility index (Phi) is 6.28. The van der Waals surface area contributed by atoms with Gasteiger partial charge in [-0.15, -0.1) is 0 Å². The summed E-state index contributed by atoms with van der Waals surface area (Å²) in [6.45, 7) is 2.03. The van der Waals surface area contributed by atoms with Crippen molar-refractivity contribution in [2.45, 2.75) is 26.1 Å². The second-order valence-electron chi connectivity index (χ2n) is 3.93. The molecule has 1 aromatic rings. The summed E-state index contributed by atoms with van der Waals surface area (Å²) < 4.78 is 42.0. The van der Waals surface area contributed by atoms with E-state index < -0.39 is 18.3 Å². The summed E-state index contributed by atoms with van der Waals surface area (Å²) in [5.41, 5.74) is -0.759. The predicted molar refractivity (Wildman–Crippen MR) is 69.2 cm³/mol. The number of rotatable bonds is 7. The van der Waals surface area contributed by atoms with Crippen LogP contribution in [0, 0.1) is 0 Å². The summed E-state index contributed by atoms with van der Waals surface area (Å²) in [6, 6.07) is 0. The lowest BCUT2D eigenvalue weighted by Crippen LogP contribution is -2.31. The van der Waals surface area contributed by atoms with Crippen LogP contribution in [-0.2, 0) is 11.3 Å². The number of aromatic nitrogens is 2. The molecular formula is C11H15ClF3N3O2. The van der Waals surface area contributed by atoms with Gasteiger partial charge in [-0.3, -0.25) is 4.79 Å². The number of hydrogen-bond acceptors (Lipinski definition) is 4. The fraction of sp³-hybridized carbons (Fsp3) is 0.636. The Bertz CT molecular complexity index is 491. The zero-order chi connectivity index (χ0) is 15.2. The normalized spacial score (nSPS) is 11.7. The van der Waals surface area contributed by atoms with E-state index in [-0.39, 0.29) is 15.4 Å². The van der Waals surface area contributed by atoms with Crippen LogP contribution >= 0.6 is 11.6 Å². The molecule has 1 N–H and O–H groups in total. The second-order valence-corrected chi connectivity index (χ2v) is 4.31. The van der Waals surface area contributed by atoms with E-state index in [1.165, 1.54) is 0 Å². The van der Waals surface area contributed by atoms with Crippen LogP contribution in [0.1, 0.15) is 13.3 Å². The molecule has 0 saturated carbocycles. The summed E-state index contributed by atoms with van der Waals surface area (Å²) in [6.07, 6.45) is -2.74. The number of halogens is 4. The highest BCUT2D eigenvalue weighted by molar-refractivity contribution is 6.32. The van der Waals surface area contributed by atoms with Gasteiger partial charge in [0.2, 0.25) is 0 Å². The first-order chi connectivity index (χ1) is 9.35. The molecule has 20 heavy (non-hydrogen) atoms. The lowest BCUT2D eigenvalue weighted by molar-refractivity contribution is -0.143. The average Bonchev–Trinajstić information content (AvgIpc) is 2.36. The Morgan fingerprint density at radius 2 is 2.20 bits per heavy atom. The lowest BCUT2D eigenvalue weighted by atomic mass is 10.4. The third-order valence-corrected chi connectivity index (χ3v) is 2.66. The highest BCUT2D eigenvalue weighted by Gasteiger charge is 2.29. The topological polar surface area (TPSA) is 56.1 Å². The maximum atomic E-state index is 12.2. The molecule has 0 bridgehead atoms. The maximum Gasteiger partial charge on any atom is 0.408 e. The van der Waals surface area contributed by atoms with Crippen LogP contribution in [0.5, 0.6) is 0 Å². The van der Waals surface area contributed by atoms with Gasteiger partial charge in [-0.25, -0.2) is 4.68 Å². The largest absolute Gasteiger partial charge is 0.408 e. The summed E-state index contributed by atoms with van der Waals surface area (Å²) in [4.78, 5) is 11.6. The van der Waals surface area contributed by atoms with Crippen molar-refractivity contribution in [3.05, 3.63) is 21.6 Å². The first-order valence-corrected chi connectivity index (χ1v) is 6.37. The molecule has 0 spiro atoms. The lowest BCUT2D eigenvalue weighted by Gasteiger charge is -2.11. The van der Waals surface area contributed by atoms with Crippen LogP contribution in [0.2, 0.25) is 5.02 Å². The minimum Gasteiger partial charge on any atom is -0.382 e. The molecule has 0 aliphatic rings. The molecule has 9 heteroatoms. The van der Waals surface area contributed by atoms with Crippen LogP contribution in [-0.4, -0.2) is 35.7 Å². The van der Waals surface area contributed by atoms with Crippen molar-refractivity contribution in [2.24, 2.45) is 0 Å². The number of alkyl halides is 3. The Balaban J connectivity index is 2.67. The van der Waals surface area contributed by atoms with E-state index in [9.17, 15) is 18.0 Å². The molecule has 0 aliphatic carbocycles. The molecule has 1 aromatic heterocycles. The molecule has 0 saturated heterocycles. The molecule has 0 aliphatic heterocycles. The highest BCUT2D eigenvalue weighted by atomic mass is 35.5. The molecule has 0 amide bonds. The van der Waals surface area contributed by atoms with Gasteiger partial charge in [0.15, 0.2) is 0 Å². The van der Waals surface area contributed by atoms with Crippen molar-refractivity contribution in [3.8, 4) is 0 Å². The minimum atomic E-state index is -4.52. The third-order valence-electron chi connectivity index (χ3n) is 2.30. The van der Waals surface area contributed by atoms with Gasteiger partial charge in [-0.2, -0.15) is 18.3 Å². The van der Waals surface area contributed by atoms with Crippen LogP contribution < -0.4 is 10.9 Å². The zero-order valence-electron chi connectivity index (χ0n) is 10.8. The van der Waals surface area contributed by atoms with Crippen molar-refractivity contribution in [2.75, 3.05) is 25.1 Å². The van der Waals surface area contributed by atoms with Gasteiger partial charge in [-0.1, -0.05) is 11.6 Å². The van der Waals surface area contributed by atoms with Gasteiger partial charge in [0, 0.05) is 19.8 Å². The molecule has 114 valence electrons. The first-order valence-electron chi connectivity index (χ1n) is 5.99. The Labute approximate surface area is 118 Å². The minimum absolute atomic E-state index is 0.214. The van der Waals surface area contributed by atoms with Crippen molar-refractivity contribution in [1.29, 1.82) is 0 Å². The summed E-state index contributed by atoms with van der Waals surface area (Å²) in [7, 11) is 0. The SMILES string of the molecule is CCOCCCNc1cnn(CC(F)(F)F)c(=O)c1Cl. The van der Waals surface area contributed by atoms with Gasteiger partial charge in [-0.05, 0) is 13.3 Å². The average molecular weight is 314 g/mol. The van der Waals surface area contributed by atoms with Crippen LogP contribution in [0.15, 0.2) is 11.0 Å². The fourth-order valence-corrected chi connectivity index (χ4v) is 1.63. The molecule has 1 rings (SSSR count). The molecule has 0 fully saturated rings. The number of ether oxygens (including phenoxy) is 1. The number of anilines is 1. The van der Waals surface area contributed by atoms with Gasteiger partial charge in [0.1, 0.15) is 11.6 Å². The second kappa shape index (κ2) is 7.49. The van der Waals surface area contributed by atoms with Crippen LogP contribution in [0.3, 0.4) is 0 Å². The zero-order valence-corrected chi connectivity index (χ0v) is 11.6. The summed E-state index contributed by atoms with van der Waals surface area (Å²) >= 11 is 5.73. The van der Waals surface area contributed by atoms with Crippen molar-refractivity contribution >= 4 is 17.3 Å².